The number of hydrogen-bond acceptors (Lipinski definition) is 6. The number of aromatic nitrogens is 3. The Morgan fingerprint density at radius 1 is 1.53 bits per heavy atom. The summed E-state index contributed by atoms with van der Waals surface area (Å²) in [5.74, 6) is 4.96. The average molecular weight is 229 g/mol. The molecule has 0 aliphatic heterocycles. The standard InChI is InChI=1S/C7H11N5O2S/c1-3-6(14)12(9)7(11-10-3)15-4(2)5(8)13/h4H,9H2,1-2H3,(H2,8,13)/t4-/m0/s1. The summed E-state index contributed by atoms with van der Waals surface area (Å²) in [6.45, 7) is 3.10. The Labute approximate surface area is 89.8 Å². The zero-order chi connectivity index (χ0) is 11.6. The van der Waals surface area contributed by atoms with Crippen LogP contribution in [0.2, 0.25) is 0 Å². The van der Waals surface area contributed by atoms with E-state index in [1.54, 1.807) is 6.92 Å². The van der Waals surface area contributed by atoms with Crippen molar-refractivity contribution in [3.63, 3.8) is 0 Å². The van der Waals surface area contributed by atoms with Crippen molar-refractivity contribution in [3.05, 3.63) is 16.0 Å². The van der Waals surface area contributed by atoms with Gasteiger partial charge in [-0.05, 0) is 13.8 Å². The highest BCUT2D eigenvalue weighted by Crippen LogP contribution is 2.17. The molecule has 0 saturated heterocycles. The molecule has 8 heteroatoms. The zero-order valence-corrected chi connectivity index (χ0v) is 9.11. The van der Waals surface area contributed by atoms with E-state index in [0.717, 1.165) is 16.4 Å². The number of hydrogen-bond donors (Lipinski definition) is 2. The topological polar surface area (TPSA) is 117 Å². The van der Waals surface area contributed by atoms with Crippen LogP contribution >= 0.6 is 11.8 Å². The fourth-order valence-corrected chi connectivity index (χ4v) is 1.48. The van der Waals surface area contributed by atoms with Crippen molar-refractivity contribution in [2.45, 2.75) is 24.3 Å². The molecule has 1 aromatic heterocycles. The number of carbonyl (C=O) groups is 1. The minimum Gasteiger partial charge on any atom is -0.369 e. The maximum absolute atomic E-state index is 11.3. The monoisotopic (exact) mass is 229 g/mol. The molecule has 0 saturated carbocycles. The lowest BCUT2D eigenvalue weighted by molar-refractivity contribution is -0.117. The maximum atomic E-state index is 11.3. The molecular weight excluding hydrogens is 218 g/mol. The van der Waals surface area contributed by atoms with Gasteiger partial charge in [0.2, 0.25) is 11.1 Å². The van der Waals surface area contributed by atoms with Crippen LogP contribution in [-0.2, 0) is 4.79 Å². The molecule has 1 atom stereocenters. The van der Waals surface area contributed by atoms with Crippen molar-refractivity contribution in [1.29, 1.82) is 0 Å². The first kappa shape index (κ1) is 11.5. The van der Waals surface area contributed by atoms with E-state index in [1.807, 2.05) is 0 Å². The molecule has 1 heterocycles. The Kier molecular flexibility index (Phi) is 3.30. The van der Waals surface area contributed by atoms with Gasteiger partial charge in [0, 0.05) is 0 Å². The van der Waals surface area contributed by atoms with E-state index in [1.165, 1.54) is 6.92 Å². The fraction of sp³-hybridized carbons (Fsp3) is 0.429. The van der Waals surface area contributed by atoms with Gasteiger partial charge < -0.3 is 11.6 Å². The molecule has 0 spiro atoms. The predicted molar refractivity (Wildman–Crippen MR) is 55.7 cm³/mol. The number of rotatable bonds is 3. The van der Waals surface area contributed by atoms with Crippen LogP contribution < -0.4 is 17.1 Å². The second kappa shape index (κ2) is 4.30. The number of nitrogens with two attached hydrogens (primary N) is 2. The van der Waals surface area contributed by atoms with Crippen LogP contribution in [0.15, 0.2) is 9.95 Å². The minimum absolute atomic E-state index is 0.164. The number of nitrogens with zero attached hydrogens (tertiary/aromatic N) is 3. The first-order chi connectivity index (χ1) is 6.93. The van der Waals surface area contributed by atoms with Crippen molar-refractivity contribution in [2.75, 3.05) is 5.84 Å². The summed E-state index contributed by atoms with van der Waals surface area (Å²) in [6.07, 6.45) is 0. The Morgan fingerprint density at radius 3 is 2.67 bits per heavy atom. The van der Waals surface area contributed by atoms with Gasteiger partial charge >= 0.3 is 0 Å². The second-order valence-electron chi connectivity index (χ2n) is 2.91. The number of primary amides is 1. The van der Waals surface area contributed by atoms with Crippen LogP contribution in [0.4, 0.5) is 0 Å². The molecule has 1 amide bonds. The maximum Gasteiger partial charge on any atom is 0.294 e. The quantitative estimate of drug-likeness (QED) is 0.487. The van der Waals surface area contributed by atoms with Crippen molar-refractivity contribution in [1.82, 2.24) is 14.9 Å². The lowest BCUT2D eigenvalue weighted by Crippen LogP contribution is -2.33. The van der Waals surface area contributed by atoms with Crippen LogP contribution in [0.25, 0.3) is 0 Å². The summed E-state index contributed by atoms with van der Waals surface area (Å²) in [4.78, 5) is 22.1. The molecule has 0 unspecified atom stereocenters. The van der Waals surface area contributed by atoms with Gasteiger partial charge in [0.15, 0.2) is 0 Å². The summed E-state index contributed by atoms with van der Waals surface area (Å²) in [5, 5.41) is 6.97. The molecular formula is C7H11N5O2S. The Morgan fingerprint density at radius 2 is 2.13 bits per heavy atom. The van der Waals surface area contributed by atoms with E-state index in [2.05, 4.69) is 10.2 Å². The van der Waals surface area contributed by atoms with Crippen LogP contribution in [0.5, 0.6) is 0 Å². The van der Waals surface area contributed by atoms with E-state index < -0.39 is 16.7 Å². The van der Waals surface area contributed by atoms with Crippen molar-refractivity contribution in [2.24, 2.45) is 5.73 Å². The molecule has 1 rings (SSSR count). The molecule has 7 nitrogen and oxygen atoms in total. The molecule has 0 radical (unpaired) electrons. The van der Waals surface area contributed by atoms with Gasteiger partial charge in [-0.3, -0.25) is 9.59 Å². The second-order valence-corrected chi connectivity index (χ2v) is 4.21. The van der Waals surface area contributed by atoms with Crippen LogP contribution in [0.1, 0.15) is 12.6 Å². The number of amides is 1. The van der Waals surface area contributed by atoms with E-state index in [9.17, 15) is 9.59 Å². The van der Waals surface area contributed by atoms with Gasteiger partial charge in [0.1, 0.15) is 5.69 Å². The van der Waals surface area contributed by atoms with E-state index in [4.69, 9.17) is 11.6 Å². The predicted octanol–water partition coefficient (Wildman–Crippen LogP) is -1.37. The van der Waals surface area contributed by atoms with E-state index >= 15 is 0 Å². The van der Waals surface area contributed by atoms with Crippen molar-refractivity contribution < 1.29 is 4.79 Å². The van der Waals surface area contributed by atoms with E-state index in [0.29, 0.717) is 0 Å². The Balaban J connectivity index is 3.02. The summed E-state index contributed by atoms with van der Waals surface area (Å²) in [7, 11) is 0. The normalized spacial score (nSPS) is 12.4. The van der Waals surface area contributed by atoms with Gasteiger partial charge in [0.05, 0.1) is 5.25 Å². The molecule has 0 fully saturated rings. The third kappa shape index (κ3) is 2.46. The molecule has 0 aliphatic rings. The highest BCUT2D eigenvalue weighted by Gasteiger charge is 2.15. The summed E-state index contributed by atoms with van der Waals surface area (Å²) in [5.41, 5.74) is 4.83. The summed E-state index contributed by atoms with van der Waals surface area (Å²) < 4.78 is 0.854. The third-order valence-electron chi connectivity index (χ3n) is 1.70. The van der Waals surface area contributed by atoms with Crippen molar-refractivity contribution >= 4 is 17.7 Å². The number of carbonyl (C=O) groups excluding carboxylic acids is 1. The van der Waals surface area contributed by atoms with Gasteiger partial charge in [-0.25, -0.2) is 0 Å². The number of thioether (sulfide) groups is 1. The van der Waals surface area contributed by atoms with Gasteiger partial charge in [0.25, 0.3) is 5.56 Å². The van der Waals surface area contributed by atoms with Crippen LogP contribution in [0, 0.1) is 6.92 Å². The fourth-order valence-electron chi connectivity index (χ4n) is 0.766. The van der Waals surface area contributed by atoms with Gasteiger partial charge in [-0.1, -0.05) is 11.8 Å². The zero-order valence-electron chi connectivity index (χ0n) is 8.30. The van der Waals surface area contributed by atoms with Crippen LogP contribution in [0.3, 0.4) is 0 Å². The molecule has 0 aromatic carbocycles. The first-order valence-electron chi connectivity index (χ1n) is 4.11. The number of nitrogen functional groups attached to an aromatic ring is 1. The summed E-state index contributed by atoms with van der Waals surface area (Å²) >= 11 is 0.991. The minimum atomic E-state index is -0.517. The highest BCUT2D eigenvalue weighted by atomic mass is 32.2. The van der Waals surface area contributed by atoms with Gasteiger partial charge in [-0.15, -0.1) is 10.2 Å². The Bertz CT molecular complexity index is 443. The lowest BCUT2D eigenvalue weighted by Gasteiger charge is -2.08. The lowest BCUT2D eigenvalue weighted by atomic mass is 10.5. The number of aryl methyl sites for hydroxylation is 1. The molecule has 1 aromatic rings. The molecule has 15 heavy (non-hydrogen) atoms. The molecule has 82 valence electrons. The highest BCUT2D eigenvalue weighted by molar-refractivity contribution is 8.00. The van der Waals surface area contributed by atoms with Crippen molar-refractivity contribution in [3.8, 4) is 0 Å². The first-order valence-corrected chi connectivity index (χ1v) is 4.99. The third-order valence-corrected chi connectivity index (χ3v) is 2.78. The van der Waals surface area contributed by atoms with E-state index in [-0.39, 0.29) is 10.9 Å². The smallest absolute Gasteiger partial charge is 0.294 e. The Hall–Kier alpha value is -1.57. The van der Waals surface area contributed by atoms with Crippen LogP contribution in [-0.4, -0.2) is 26.0 Å². The average Bonchev–Trinajstić information content (AvgIpc) is 2.18. The van der Waals surface area contributed by atoms with Gasteiger partial charge in [-0.2, -0.15) is 4.68 Å². The molecule has 0 bridgehead atoms. The summed E-state index contributed by atoms with van der Waals surface area (Å²) in [6, 6.07) is 0. The molecule has 4 N–H and O–H groups in total. The largest absolute Gasteiger partial charge is 0.369 e. The molecule has 0 aliphatic carbocycles. The SMILES string of the molecule is Cc1nnc(S[C@@H](C)C(N)=O)n(N)c1=O.